The summed E-state index contributed by atoms with van der Waals surface area (Å²) in [6, 6.07) is 15.0. The molecule has 7 heteroatoms. The van der Waals surface area contributed by atoms with Crippen LogP contribution in [0.15, 0.2) is 48.5 Å². The molecular weight excluding hydrogens is 376 g/mol. The summed E-state index contributed by atoms with van der Waals surface area (Å²) in [6.45, 7) is 5.23. The number of carbonyl (C=O) groups is 1. The minimum Gasteiger partial charge on any atom is -0.483 e. The van der Waals surface area contributed by atoms with Gasteiger partial charge in [0, 0.05) is 26.2 Å². The van der Waals surface area contributed by atoms with Crippen LogP contribution in [0.4, 0.5) is 0 Å². The number of hydrogen-bond donors (Lipinski definition) is 0. The quantitative estimate of drug-likeness (QED) is 0.744. The van der Waals surface area contributed by atoms with Crippen LogP contribution in [0.25, 0.3) is 0 Å². The number of nitrogens with zero attached hydrogens (tertiary/aromatic N) is 2. The van der Waals surface area contributed by atoms with E-state index in [2.05, 4.69) is 0 Å². The molecule has 0 atom stereocenters. The predicted molar refractivity (Wildman–Crippen MR) is 109 cm³/mol. The van der Waals surface area contributed by atoms with Crippen LogP contribution in [0.5, 0.6) is 5.75 Å². The van der Waals surface area contributed by atoms with Crippen LogP contribution < -0.4 is 4.74 Å². The zero-order valence-corrected chi connectivity index (χ0v) is 17.1. The van der Waals surface area contributed by atoms with Crippen molar-refractivity contribution in [3.63, 3.8) is 0 Å². The third-order valence-electron chi connectivity index (χ3n) is 4.93. The average molecular weight is 403 g/mol. The van der Waals surface area contributed by atoms with Crippen molar-refractivity contribution in [3.8, 4) is 5.75 Å². The van der Waals surface area contributed by atoms with E-state index < -0.39 is 10.0 Å². The lowest BCUT2D eigenvalue weighted by atomic mass is 10.1. The number of aryl methyl sites for hydroxylation is 2. The normalized spacial score (nSPS) is 15.4. The zero-order valence-electron chi connectivity index (χ0n) is 16.3. The number of amides is 1. The summed E-state index contributed by atoms with van der Waals surface area (Å²) >= 11 is 0. The molecule has 3 rings (SSSR count). The highest BCUT2D eigenvalue weighted by Gasteiger charge is 2.29. The van der Waals surface area contributed by atoms with Gasteiger partial charge in [0.1, 0.15) is 5.75 Å². The molecule has 0 unspecified atom stereocenters. The van der Waals surface area contributed by atoms with E-state index in [0.717, 1.165) is 22.4 Å². The van der Waals surface area contributed by atoms with Gasteiger partial charge in [-0.1, -0.05) is 48.5 Å². The lowest BCUT2D eigenvalue weighted by Gasteiger charge is -2.34. The number of piperazine rings is 1. The van der Waals surface area contributed by atoms with Crippen LogP contribution in [-0.4, -0.2) is 56.3 Å². The third kappa shape index (κ3) is 4.91. The number of hydrogen-bond acceptors (Lipinski definition) is 4. The fourth-order valence-corrected chi connectivity index (χ4v) is 4.86. The molecule has 0 aromatic heterocycles. The maximum atomic E-state index is 12.6. The Morgan fingerprint density at radius 2 is 1.54 bits per heavy atom. The average Bonchev–Trinajstić information content (AvgIpc) is 2.68. The van der Waals surface area contributed by atoms with E-state index in [1.54, 1.807) is 4.90 Å². The second-order valence-corrected chi connectivity index (χ2v) is 9.00. The van der Waals surface area contributed by atoms with Gasteiger partial charge < -0.3 is 9.64 Å². The molecule has 2 aromatic carbocycles. The van der Waals surface area contributed by atoms with Gasteiger partial charge in [-0.05, 0) is 30.5 Å². The number of benzene rings is 2. The Bertz CT molecular complexity index is 900. The summed E-state index contributed by atoms with van der Waals surface area (Å²) in [4.78, 5) is 14.1. The summed E-state index contributed by atoms with van der Waals surface area (Å²) in [5.41, 5.74) is 2.75. The van der Waals surface area contributed by atoms with Gasteiger partial charge in [0.15, 0.2) is 6.61 Å². The maximum absolute atomic E-state index is 12.6. The maximum Gasteiger partial charge on any atom is 0.260 e. The lowest BCUT2D eigenvalue weighted by molar-refractivity contribution is -0.134. The fourth-order valence-electron chi connectivity index (χ4n) is 3.34. The van der Waals surface area contributed by atoms with E-state index in [1.807, 2.05) is 62.4 Å². The van der Waals surface area contributed by atoms with Gasteiger partial charge >= 0.3 is 0 Å². The summed E-state index contributed by atoms with van der Waals surface area (Å²) in [7, 11) is -3.39. The molecule has 2 aromatic rings. The first-order chi connectivity index (χ1) is 13.4. The molecule has 150 valence electrons. The monoisotopic (exact) mass is 402 g/mol. The summed E-state index contributed by atoms with van der Waals surface area (Å²) in [6.07, 6.45) is 0. The number of ether oxygens (including phenoxy) is 1. The molecule has 0 N–H and O–H groups in total. The minimum atomic E-state index is -3.39. The van der Waals surface area contributed by atoms with Gasteiger partial charge in [0.2, 0.25) is 10.0 Å². The molecule has 6 nitrogen and oxygen atoms in total. The van der Waals surface area contributed by atoms with Crippen molar-refractivity contribution >= 4 is 15.9 Å². The number of para-hydroxylation sites is 1. The van der Waals surface area contributed by atoms with Crippen molar-refractivity contribution in [2.75, 3.05) is 32.8 Å². The van der Waals surface area contributed by atoms with Crippen LogP contribution in [-0.2, 0) is 20.6 Å². The van der Waals surface area contributed by atoms with Gasteiger partial charge in [0.05, 0.1) is 5.75 Å². The first-order valence-corrected chi connectivity index (χ1v) is 11.0. The van der Waals surface area contributed by atoms with Crippen molar-refractivity contribution in [2.45, 2.75) is 19.6 Å². The molecule has 1 aliphatic rings. The molecule has 1 amide bonds. The molecule has 1 aliphatic heterocycles. The van der Waals surface area contributed by atoms with E-state index in [1.165, 1.54) is 4.31 Å². The second kappa shape index (κ2) is 8.75. The highest BCUT2D eigenvalue weighted by atomic mass is 32.2. The molecule has 1 saturated heterocycles. The fraction of sp³-hybridized carbons (Fsp3) is 0.381. The van der Waals surface area contributed by atoms with Gasteiger partial charge in [-0.3, -0.25) is 4.79 Å². The number of carbonyl (C=O) groups excluding carboxylic acids is 1. The van der Waals surface area contributed by atoms with E-state index >= 15 is 0 Å². The summed E-state index contributed by atoms with van der Waals surface area (Å²) < 4.78 is 32.4. The van der Waals surface area contributed by atoms with Crippen molar-refractivity contribution < 1.29 is 17.9 Å². The van der Waals surface area contributed by atoms with Gasteiger partial charge in [0.25, 0.3) is 5.91 Å². The molecule has 0 radical (unpaired) electrons. The van der Waals surface area contributed by atoms with E-state index in [9.17, 15) is 13.2 Å². The number of rotatable bonds is 6. The SMILES string of the molecule is Cc1cccc(C)c1OCC(=O)N1CCN(S(=O)(=O)Cc2ccccc2)CC1. The number of sulfonamides is 1. The van der Waals surface area contributed by atoms with Gasteiger partial charge in [-0.2, -0.15) is 4.31 Å². The van der Waals surface area contributed by atoms with Crippen LogP contribution in [0.3, 0.4) is 0 Å². The summed E-state index contributed by atoms with van der Waals surface area (Å²) in [5.74, 6) is 0.597. The molecule has 0 saturated carbocycles. The van der Waals surface area contributed by atoms with Crippen LogP contribution in [0.2, 0.25) is 0 Å². The highest BCUT2D eigenvalue weighted by Crippen LogP contribution is 2.22. The lowest BCUT2D eigenvalue weighted by Crippen LogP contribution is -2.51. The van der Waals surface area contributed by atoms with Crippen LogP contribution >= 0.6 is 0 Å². The Balaban J connectivity index is 1.52. The van der Waals surface area contributed by atoms with Crippen molar-refractivity contribution in [2.24, 2.45) is 0 Å². The van der Waals surface area contributed by atoms with Gasteiger partial charge in [-0.15, -0.1) is 0 Å². The van der Waals surface area contributed by atoms with Crippen molar-refractivity contribution in [3.05, 3.63) is 65.2 Å². The molecular formula is C21H26N2O4S. The first-order valence-electron chi connectivity index (χ1n) is 9.35. The van der Waals surface area contributed by atoms with Crippen LogP contribution in [0.1, 0.15) is 16.7 Å². The molecule has 0 spiro atoms. The Morgan fingerprint density at radius 3 is 2.14 bits per heavy atom. The zero-order chi connectivity index (χ0) is 20.1. The molecule has 28 heavy (non-hydrogen) atoms. The highest BCUT2D eigenvalue weighted by molar-refractivity contribution is 7.88. The van der Waals surface area contributed by atoms with Gasteiger partial charge in [-0.25, -0.2) is 8.42 Å². The molecule has 0 bridgehead atoms. The predicted octanol–water partition coefficient (Wildman–Crippen LogP) is 2.36. The van der Waals surface area contributed by atoms with E-state index in [4.69, 9.17) is 4.74 Å². The second-order valence-electron chi connectivity index (χ2n) is 7.03. The van der Waals surface area contributed by atoms with E-state index in [-0.39, 0.29) is 18.3 Å². The van der Waals surface area contributed by atoms with Crippen LogP contribution in [0, 0.1) is 13.8 Å². The topological polar surface area (TPSA) is 66.9 Å². The largest absolute Gasteiger partial charge is 0.483 e. The minimum absolute atomic E-state index is 0.0164. The Morgan fingerprint density at radius 1 is 0.929 bits per heavy atom. The Hall–Kier alpha value is -2.38. The Kier molecular flexibility index (Phi) is 6.36. The molecule has 0 aliphatic carbocycles. The van der Waals surface area contributed by atoms with Crippen molar-refractivity contribution in [1.29, 1.82) is 0 Å². The Labute approximate surface area is 166 Å². The first kappa shape index (κ1) is 20.4. The van der Waals surface area contributed by atoms with E-state index in [0.29, 0.717) is 26.2 Å². The third-order valence-corrected chi connectivity index (χ3v) is 6.78. The van der Waals surface area contributed by atoms with Crippen molar-refractivity contribution in [1.82, 2.24) is 9.21 Å². The molecule has 1 heterocycles. The standard InChI is InChI=1S/C21H26N2O4S/c1-17-7-6-8-18(2)21(17)27-15-20(24)22-11-13-23(14-12-22)28(25,26)16-19-9-4-3-5-10-19/h3-10H,11-16H2,1-2H3. The smallest absolute Gasteiger partial charge is 0.260 e. The molecule has 1 fully saturated rings. The summed E-state index contributed by atoms with van der Waals surface area (Å²) in [5, 5.41) is 0.